The number of halogens is 1. The lowest BCUT2D eigenvalue weighted by Crippen LogP contribution is -2.37. The van der Waals surface area contributed by atoms with Gasteiger partial charge in [-0.05, 0) is 25.0 Å². The minimum atomic E-state index is -0.989. The van der Waals surface area contributed by atoms with Crippen LogP contribution in [0.5, 0.6) is 11.6 Å². The Bertz CT molecular complexity index is 1070. The molecule has 11 heteroatoms. The molecule has 0 saturated carbocycles. The van der Waals surface area contributed by atoms with E-state index in [2.05, 4.69) is 15.1 Å². The lowest BCUT2D eigenvalue weighted by Gasteiger charge is -2.21. The molecule has 1 atom stereocenters. The highest BCUT2D eigenvalue weighted by molar-refractivity contribution is 5.84. The number of aliphatic carboxylic acids is 1. The molecule has 1 aliphatic heterocycles. The SMILES string of the molecule is O=C(O)[C@@H]1CCCN1c1nc(O)c2cnn(-c3ccc(F)cc3OCCO)c2n1. The van der Waals surface area contributed by atoms with Crippen LogP contribution in [0.1, 0.15) is 12.8 Å². The first-order chi connectivity index (χ1) is 14.0. The van der Waals surface area contributed by atoms with E-state index in [0.29, 0.717) is 25.1 Å². The van der Waals surface area contributed by atoms with Crippen molar-refractivity contribution in [1.29, 1.82) is 0 Å². The second-order valence-electron chi connectivity index (χ2n) is 6.51. The van der Waals surface area contributed by atoms with E-state index in [0.717, 1.165) is 6.07 Å². The number of ether oxygens (including phenoxy) is 1. The molecule has 1 aromatic carbocycles. The number of fused-ring (bicyclic) bond motifs is 1. The molecule has 0 spiro atoms. The highest BCUT2D eigenvalue weighted by Gasteiger charge is 2.33. The van der Waals surface area contributed by atoms with Gasteiger partial charge in [-0.25, -0.2) is 13.9 Å². The average Bonchev–Trinajstić information content (AvgIpc) is 3.34. The van der Waals surface area contributed by atoms with Gasteiger partial charge in [-0.15, -0.1) is 0 Å². The van der Waals surface area contributed by atoms with Gasteiger partial charge in [0.2, 0.25) is 11.8 Å². The largest absolute Gasteiger partial charge is 0.493 e. The molecule has 0 unspecified atom stereocenters. The minimum absolute atomic E-state index is 0.0464. The second-order valence-corrected chi connectivity index (χ2v) is 6.51. The Kier molecular flexibility index (Phi) is 4.89. The first kappa shape index (κ1) is 18.9. The fourth-order valence-electron chi connectivity index (χ4n) is 3.38. The van der Waals surface area contributed by atoms with E-state index < -0.39 is 17.8 Å². The number of aliphatic hydroxyl groups excluding tert-OH is 1. The van der Waals surface area contributed by atoms with E-state index in [-0.39, 0.29) is 41.8 Å². The average molecular weight is 403 g/mol. The van der Waals surface area contributed by atoms with Gasteiger partial charge in [0.25, 0.3) is 0 Å². The van der Waals surface area contributed by atoms with Crippen molar-refractivity contribution < 1.29 is 29.2 Å². The van der Waals surface area contributed by atoms with E-state index in [9.17, 15) is 19.4 Å². The van der Waals surface area contributed by atoms with Crippen molar-refractivity contribution in [3.8, 4) is 17.3 Å². The van der Waals surface area contributed by atoms with Crippen LogP contribution in [0.4, 0.5) is 10.3 Å². The number of aromatic hydroxyl groups is 1. The number of aromatic nitrogens is 4. The molecule has 1 aliphatic rings. The van der Waals surface area contributed by atoms with Gasteiger partial charge in [0, 0.05) is 12.6 Å². The van der Waals surface area contributed by atoms with Gasteiger partial charge >= 0.3 is 5.97 Å². The summed E-state index contributed by atoms with van der Waals surface area (Å²) in [5.41, 5.74) is 0.555. The third-order valence-electron chi connectivity index (χ3n) is 4.69. The number of rotatable bonds is 6. The van der Waals surface area contributed by atoms with Crippen LogP contribution >= 0.6 is 0 Å². The zero-order valence-corrected chi connectivity index (χ0v) is 15.2. The van der Waals surface area contributed by atoms with Crippen molar-refractivity contribution >= 4 is 23.0 Å². The number of carboxylic acids is 1. The predicted molar refractivity (Wildman–Crippen MR) is 98.9 cm³/mol. The van der Waals surface area contributed by atoms with Crippen molar-refractivity contribution in [3.63, 3.8) is 0 Å². The fourth-order valence-corrected chi connectivity index (χ4v) is 3.38. The molecule has 1 saturated heterocycles. The third kappa shape index (κ3) is 3.40. The number of carbonyl (C=O) groups is 1. The maximum atomic E-state index is 13.7. The van der Waals surface area contributed by atoms with Crippen LogP contribution in [0.25, 0.3) is 16.7 Å². The molecule has 3 aromatic rings. The molecule has 152 valence electrons. The summed E-state index contributed by atoms with van der Waals surface area (Å²) in [5, 5.41) is 33.2. The summed E-state index contributed by atoms with van der Waals surface area (Å²) in [6.07, 6.45) is 2.47. The number of carboxylic acid groups (broad SMARTS) is 1. The minimum Gasteiger partial charge on any atom is -0.493 e. The standard InChI is InChI=1S/C18H18FN5O5/c19-10-3-4-12(14(8-10)29-7-6-25)24-15-11(9-20-24)16(26)22-18(21-15)23-5-1-2-13(23)17(27)28/h3-4,8-9,13,25H,1-2,5-7H2,(H,27,28)(H,21,22,26)/t13-/m0/s1. The monoisotopic (exact) mass is 403 g/mol. The van der Waals surface area contributed by atoms with Crippen molar-refractivity contribution in [3.05, 3.63) is 30.2 Å². The zero-order chi connectivity index (χ0) is 20.5. The molecule has 29 heavy (non-hydrogen) atoms. The lowest BCUT2D eigenvalue weighted by atomic mass is 10.2. The lowest BCUT2D eigenvalue weighted by molar-refractivity contribution is -0.138. The summed E-state index contributed by atoms with van der Waals surface area (Å²) in [5.74, 6) is -1.66. The molecule has 10 nitrogen and oxygen atoms in total. The number of aliphatic hydroxyl groups is 1. The van der Waals surface area contributed by atoms with Gasteiger partial charge in [0.15, 0.2) is 5.65 Å². The highest BCUT2D eigenvalue weighted by atomic mass is 19.1. The van der Waals surface area contributed by atoms with Crippen LogP contribution in [0.2, 0.25) is 0 Å². The van der Waals surface area contributed by atoms with Crippen LogP contribution in [-0.2, 0) is 4.79 Å². The van der Waals surface area contributed by atoms with Crippen LogP contribution in [-0.4, -0.2) is 66.8 Å². The topological polar surface area (TPSA) is 134 Å². The van der Waals surface area contributed by atoms with E-state index >= 15 is 0 Å². The highest BCUT2D eigenvalue weighted by Crippen LogP contribution is 2.32. The molecule has 3 N–H and O–H groups in total. The van der Waals surface area contributed by atoms with Crippen LogP contribution in [0.3, 0.4) is 0 Å². The Balaban J connectivity index is 1.83. The summed E-state index contributed by atoms with van der Waals surface area (Å²) in [6.45, 7) is 0.140. The second kappa shape index (κ2) is 7.51. The predicted octanol–water partition coefficient (Wildman–Crippen LogP) is 1.08. The maximum Gasteiger partial charge on any atom is 0.326 e. The third-order valence-corrected chi connectivity index (χ3v) is 4.69. The smallest absolute Gasteiger partial charge is 0.326 e. The summed E-state index contributed by atoms with van der Waals surface area (Å²) in [4.78, 5) is 21.5. The van der Waals surface area contributed by atoms with Gasteiger partial charge in [-0.3, -0.25) is 0 Å². The van der Waals surface area contributed by atoms with Crippen LogP contribution < -0.4 is 9.64 Å². The summed E-state index contributed by atoms with van der Waals surface area (Å²) in [6, 6.07) is 3.03. The number of nitrogens with zero attached hydrogens (tertiary/aromatic N) is 5. The molecule has 0 radical (unpaired) electrons. The van der Waals surface area contributed by atoms with Crippen molar-refractivity contribution in [2.75, 3.05) is 24.7 Å². The molecular formula is C18H18FN5O5. The summed E-state index contributed by atoms with van der Waals surface area (Å²) in [7, 11) is 0. The molecule has 3 heterocycles. The number of benzene rings is 1. The first-order valence-corrected chi connectivity index (χ1v) is 8.97. The van der Waals surface area contributed by atoms with Crippen molar-refractivity contribution in [1.82, 2.24) is 19.7 Å². The van der Waals surface area contributed by atoms with Gasteiger partial charge in [-0.1, -0.05) is 0 Å². The molecule has 0 amide bonds. The van der Waals surface area contributed by atoms with Crippen molar-refractivity contribution in [2.45, 2.75) is 18.9 Å². The molecular weight excluding hydrogens is 385 g/mol. The number of anilines is 1. The van der Waals surface area contributed by atoms with Crippen molar-refractivity contribution in [2.24, 2.45) is 0 Å². The van der Waals surface area contributed by atoms with Crippen LogP contribution in [0, 0.1) is 5.82 Å². The molecule has 0 aliphatic carbocycles. The molecule has 4 rings (SSSR count). The fraction of sp³-hybridized carbons (Fsp3) is 0.333. The van der Waals surface area contributed by atoms with Gasteiger partial charge in [0.1, 0.15) is 35.3 Å². The van der Waals surface area contributed by atoms with E-state index in [1.807, 2.05) is 0 Å². The Hall–Kier alpha value is -3.47. The molecule has 2 aromatic heterocycles. The summed E-state index contributed by atoms with van der Waals surface area (Å²) >= 11 is 0. The Labute approximate surface area is 163 Å². The summed E-state index contributed by atoms with van der Waals surface area (Å²) < 4.78 is 20.4. The Morgan fingerprint density at radius 2 is 2.17 bits per heavy atom. The Morgan fingerprint density at radius 1 is 1.34 bits per heavy atom. The van der Waals surface area contributed by atoms with Gasteiger partial charge < -0.3 is 25.0 Å². The van der Waals surface area contributed by atoms with Crippen LogP contribution in [0.15, 0.2) is 24.4 Å². The number of hydrogen-bond acceptors (Lipinski definition) is 8. The zero-order valence-electron chi connectivity index (χ0n) is 15.2. The van der Waals surface area contributed by atoms with Gasteiger partial charge in [-0.2, -0.15) is 15.1 Å². The normalized spacial score (nSPS) is 16.5. The molecule has 1 fully saturated rings. The molecule has 0 bridgehead atoms. The Morgan fingerprint density at radius 3 is 2.93 bits per heavy atom. The van der Waals surface area contributed by atoms with E-state index in [1.165, 1.54) is 27.9 Å². The van der Waals surface area contributed by atoms with E-state index in [4.69, 9.17) is 9.84 Å². The number of hydrogen-bond donors (Lipinski definition) is 3. The quantitative estimate of drug-likeness (QED) is 0.553. The van der Waals surface area contributed by atoms with E-state index in [1.54, 1.807) is 0 Å². The first-order valence-electron chi connectivity index (χ1n) is 8.97. The maximum absolute atomic E-state index is 13.7. The van der Waals surface area contributed by atoms with Gasteiger partial charge in [0.05, 0.1) is 12.8 Å².